The molecule has 0 spiro atoms. The lowest BCUT2D eigenvalue weighted by atomic mass is 9.96. The number of piperidine rings is 1. The summed E-state index contributed by atoms with van der Waals surface area (Å²) in [5, 5.41) is 14.0. The summed E-state index contributed by atoms with van der Waals surface area (Å²) in [6.07, 6.45) is 6.31. The highest BCUT2D eigenvalue weighted by Gasteiger charge is 2.21. The number of anilines is 1. The van der Waals surface area contributed by atoms with E-state index in [0.717, 1.165) is 88.1 Å². The van der Waals surface area contributed by atoms with E-state index in [-0.39, 0.29) is 6.10 Å². The van der Waals surface area contributed by atoms with Crippen molar-refractivity contribution in [1.29, 1.82) is 0 Å². The zero-order chi connectivity index (χ0) is 29.5. The molecule has 0 radical (unpaired) electrons. The molecular weight excluding hydrogens is 573 g/mol. The molecule has 2 aliphatic rings. The van der Waals surface area contributed by atoms with E-state index in [0.29, 0.717) is 27.6 Å². The number of nitrogens with zero attached hydrogens (tertiary/aromatic N) is 6. The van der Waals surface area contributed by atoms with E-state index >= 15 is 0 Å². The van der Waals surface area contributed by atoms with Crippen molar-refractivity contribution in [2.24, 2.45) is 5.92 Å². The largest absolute Gasteiger partial charge is 0.436 e. The first kappa shape index (κ1) is 30.9. The van der Waals surface area contributed by atoms with Gasteiger partial charge in [-0.2, -0.15) is 0 Å². The third-order valence-electron chi connectivity index (χ3n) is 7.98. The summed E-state index contributed by atoms with van der Waals surface area (Å²) in [5.41, 5.74) is 2.71. The second kappa shape index (κ2) is 14.8. The van der Waals surface area contributed by atoms with Crippen molar-refractivity contribution in [2.75, 3.05) is 64.3 Å². The standard InChI is InChI=1S/C31H41Cl2N7O2/c1-22(41)3-6-38-9-11-40(12-10-38)31-35-19-28(20-36-31)42-30-14-24(21-39-7-4-23(5-8-39)18-34-2)13-29(37-30)25-15-26(32)17-27(33)16-25/h13-17,19-20,22-23,34,41H,3-12,18,21H2,1-2H3. The van der Waals surface area contributed by atoms with Gasteiger partial charge in [-0.3, -0.25) is 9.80 Å². The second-order valence-electron chi connectivity index (χ2n) is 11.4. The maximum absolute atomic E-state index is 9.57. The molecule has 9 nitrogen and oxygen atoms in total. The predicted octanol–water partition coefficient (Wildman–Crippen LogP) is 4.96. The van der Waals surface area contributed by atoms with Crippen molar-refractivity contribution < 1.29 is 9.84 Å². The van der Waals surface area contributed by atoms with Gasteiger partial charge in [-0.15, -0.1) is 0 Å². The van der Waals surface area contributed by atoms with E-state index in [1.165, 1.54) is 12.8 Å². The fourth-order valence-corrected chi connectivity index (χ4v) is 6.16. The first-order valence-electron chi connectivity index (χ1n) is 14.8. The van der Waals surface area contributed by atoms with Crippen LogP contribution in [0.3, 0.4) is 0 Å². The summed E-state index contributed by atoms with van der Waals surface area (Å²) in [6, 6.07) is 9.55. The van der Waals surface area contributed by atoms with Crippen LogP contribution in [0.2, 0.25) is 10.0 Å². The van der Waals surface area contributed by atoms with E-state index < -0.39 is 0 Å². The Labute approximate surface area is 258 Å². The van der Waals surface area contributed by atoms with E-state index in [1.807, 2.05) is 32.2 Å². The van der Waals surface area contributed by atoms with Gasteiger partial charge in [0.15, 0.2) is 5.75 Å². The minimum absolute atomic E-state index is 0.269. The number of nitrogens with one attached hydrogen (secondary N) is 1. The number of hydrogen-bond acceptors (Lipinski definition) is 9. The highest BCUT2D eigenvalue weighted by molar-refractivity contribution is 6.35. The minimum Gasteiger partial charge on any atom is -0.436 e. The summed E-state index contributed by atoms with van der Waals surface area (Å²) >= 11 is 12.7. The Morgan fingerprint density at radius 2 is 1.64 bits per heavy atom. The van der Waals surface area contributed by atoms with Crippen LogP contribution >= 0.6 is 23.2 Å². The molecule has 2 aliphatic heterocycles. The van der Waals surface area contributed by atoms with Crippen LogP contribution in [-0.2, 0) is 6.54 Å². The summed E-state index contributed by atoms with van der Waals surface area (Å²) in [7, 11) is 2.02. The average Bonchev–Trinajstić information content (AvgIpc) is 2.97. The van der Waals surface area contributed by atoms with Gasteiger partial charge >= 0.3 is 0 Å². The molecule has 1 atom stereocenters. The predicted molar refractivity (Wildman–Crippen MR) is 169 cm³/mol. The summed E-state index contributed by atoms with van der Waals surface area (Å²) in [4.78, 5) is 21.0. The number of halogens is 2. The Balaban J connectivity index is 1.28. The van der Waals surface area contributed by atoms with Crippen LogP contribution < -0.4 is 15.0 Å². The first-order valence-corrected chi connectivity index (χ1v) is 15.6. The number of likely N-dealkylation sites (tertiary alicyclic amines) is 1. The van der Waals surface area contributed by atoms with Crippen molar-refractivity contribution >= 4 is 29.2 Å². The Kier molecular flexibility index (Phi) is 10.9. The van der Waals surface area contributed by atoms with Gasteiger partial charge in [0, 0.05) is 60.9 Å². The molecule has 0 aliphatic carbocycles. The number of pyridine rings is 1. The van der Waals surface area contributed by atoms with Gasteiger partial charge in [0.25, 0.3) is 0 Å². The van der Waals surface area contributed by atoms with Crippen LogP contribution in [0.5, 0.6) is 11.6 Å². The van der Waals surface area contributed by atoms with Crippen molar-refractivity contribution in [3.05, 3.63) is 58.3 Å². The van der Waals surface area contributed by atoms with Crippen LogP contribution in [0, 0.1) is 5.92 Å². The lowest BCUT2D eigenvalue weighted by Gasteiger charge is -2.34. The third-order valence-corrected chi connectivity index (χ3v) is 8.42. The number of aliphatic hydroxyl groups excluding tert-OH is 1. The smallest absolute Gasteiger partial charge is 0.225 e. The van der Waals surface area contributed by atoms with Gasteiger partial charge < -0.3 is 20.1 Å². The van der Waals surface area contributed by atoms with Crippen LogP contribution in [0.4, 0.5) is 5.95 Å². The molecule has 0 saturated carbocycles. The quantitative estimate of drug-likeness (QED) is 0.311. The SMILES string of the molecule is CNCC1CCN(Cc2cc(Oc3cnc(N4CCN(CCC(C)O)CC4)nc3)nc(-c3cc(Cl)cc(Cl)c3)c2)CC1. The van der Waals surface area contributed by atoms with Crippen molar-refractivity contribution in [2.45, 2.75) is 38.8 Å². The van der Waals surface area contributed by atoms with Gasteiger partial charge in [-0.25, -0.2) is 15.0 Å². The fourth-order valence-electron chi connectivity index (χ4n) is 5.63. The maximum atomic E-state index is 9.57. The molecule has 5 rings (SSSR count). The molecule has 2 fully saturated rings. The van der Waals surface area contributed by atoms with Crippen LogP contribution in [0.25, 0.3) is 11.3 Å². The van der Waals surface area contributed by atoms with Gasteiger partial charge in [0.05, 0.1) is 24.2 Å². The molecule has 3 aromatic rings. The zero-order valence-corrected chi connectivity index (χ0v) is 26.0. The number of hydrogen-bond donors (Lipinski definition) is 2. The van der Waals surface area contributed by atoms with E-state index in [1.54, 1.807) is 18.5 Å². The van der Waals surface area contributed by atoms with Crippen molar-refractivity contribution in [1.82, 2.24) is 30.1 Å². The minimum atomic E-state index is -0.269. The molecule has 4 heterocycles. The third kappa shape index (κ3) is 8.75. The van der Waals surface area contributed by atoms with Crippen LogP contribution in [0.15, 0.2) is 42.7 Å². The molecule has 1 unspecified atom stereocenters. The number of ether oxygens (including phenoxy) is 1. The molecular formula is C31H41Cl2N7O2. The lowest BCUT2D eigenvalue weighted by molar-refractivity contribution is 0.153. The van der Waals surface area contributed by atoms with Gasteiger partial charge in [0.2, 0.25) is 11.8 Å². The fraction of sp³-hybridized carbons (Fsp3) is 0.516. The van der Waals surface area contributed by atoms with Crippen molar-refractivity contribution in [3.63, 3.8) is 0 Å². The van der Waals surface area contributed by atoms with Gasteiger partial charge in [0.1, 0.15) is 0 Å². The Hall–Kier alpha value is -2.53. The second-order valence-corrected chi connectivity index (χ2v) is 12.3. The topological polar surface area (TPSA) is 89.9 Å². The van der Waals surface area contributed by atoms with Crippen LogP contribution in [-0.4, -0.2) is 95.4 Å². The van der Waals surface area contributed by atoms with E-state index in [4.69, 9.17) is 32.9 Å². The summed E-state index contributed by atoms with van der Waals surface area (Å²) < 4.78 is 6.21. The molecule has 11 heteroatoms. The average molecular weight is 615 g/mol. The molecule has 42 heavy (non-hydrogen) atoms. The van der Waals surface area contributed by atoms with E-state index in [2.05, 4.69) is 36.1 Å². The number of aromatic nitrogens is 3. The lowest BCUT2D eigenvalue weighted by Crippen LogP contribution is -2.47. The summed E-state index contributed by atoms with van der Waals surface area (Å²) in [5.74, 6) is 2.43. The number of benzene rings is 1. The zero-order valence-electron chi connectivity index (χ0n) is 24.5. The molecule has 2 N–H and O–H groups in total. The number of piperazine rings is 1. The highest BCUT2D eigenvalue weighted by atomic mass is 35.5. The molecule has 2 aromatic heterocycles. The highest BCUT2D eigenvalue weighted by Crippen LogP contribution is 2.31. The Bertz CT molecular complexity index is 1270. The van der Waals surface area contributed by atoms with E-state index in [9.17, 15) is 5.11 Å². The van der Waals surface area contributed by atoms with Gasteiger partial charge in [-0.1, -0.05) is 23.2 Å². The molecule has 0 amide bonds. The monoisotopic (exact) mass is 613 g/mol. The molecule has 0 bridgehead atoms. The van der Waals surface area contributed by atoms with Crippen LogP contribution in [0.1, 0.15) is 31.7 Å². The molecule has 2 saturated heterocycles. The summed E-state index contributed by atoms with van der Waals surface area (Å²) in [6.45, 7) is 10.3. The number of aliphatic hydroxyl groups is 1. The van der Waals surface area contributed by atoms with Gasteiger partial charge in [-0.05, 0) is 88.6 Å². The number of rotatable bonds is 11. The molecule has 226 valence electrons. The maximum Gasteiger partial charge on any atom is 0.225 e. The Morgan fingerprint density at radius 3 is 2.29 bits per heavy atom. The Morgan fingerprint density at radius 1 is 0.952 bits per heavy atom. The normalized spacial score (nSPS) is 17.9. The van der Waals surface area contributed by atoms with Crippen molar-refractivity contribution in [3.8, 4) is 22.9 Å². The first-order chi connectivity index (χ1) is 20.3. The molecule has 1 aromatic carbocycles.